The Kier molecular flexibility index (Phi) is 5.03. The lowest BCUT2D eigenvalue weighted by atomic mass is 10.4. The minimum Gasteiger partial charge on any atom is -0.545 e. The molecule has 0 aromatic rings. The molecule has 0 radical (unpaired) electrons. The summed E-state index contributed by atoms with van der Waals surface area (Å²) >= 11 is 0. The molecule has 0 spiro atoms. The molecule has 0 aromatic heterocycles. The molecule has 0 unspecified atom stereocenters. The van der Waals surface area contributed by atoms with Gasteiger partial charge in [0.15, 0.2) is 5.76 Å². The molecule has 0 bridgehead atoms. The van der Waals surface area contributed by atoms with Crippen molar-refractivity contribution in [3.8, 4) is 6.07 Å². The van der Waals surface area contributed by atoms with Gasteiger partial charge in [0.1, 0.15) is 6.07 Å². The van der Waals surface area contributed by atoms with Gasteiger partial charge in [0.05, 0.1) is 5.76 Å². The van der Waals surface area contributed by atoms with Crippen LogP contribution >= 0.6 is 0 Å². The number of hydrogen-bond donors (Lipinski definition) is 0. The van der Waals surface area contributed by atoms with E-state index in [1.54, 1.807) is 6.08 Å². The highest BCUT2D eigenvalue weighted by atomic mass is 28.4. The van der Waals surface area contributed by atoms with Crippen LogP contribution in [0.25, 0.3) is 0 Å². The van der Waals surface area contributed by atoms with Crippen LogP contribution in [0.2, 0.25) is 39.3 Å². The molecule has 0 heterocycles. The van der Waals surface area contributed by atoms with Crippen LogP contribution in [0.15, 0.2) is 24.2 Å². The van der Waals surface area contributed by atoms with Gasteiger partial charge in [0, 0.05) is 6.08 Å². The standard InChI is InChI=1S/C11H21NO2Si2/c1-10(13-15(2,3)4)8-11(9-12)14-16(5,6)7/h8H,1H2,2-7H3/b11-8+. The lowest BCUT2D eigenvalue weighted by Gasteiger charge is -2.21. The first-order valence-electron chi connectivity index (χ1n) is 5.22. The highest BCUT2D eigenvalue weighted by molar-refractivity contribution is 6.70. The third-order valence-corrected chi connectivity index (χ3v) is 2.96. The Bertz CT molecular complexity index is 329. The first kappa shape index (κ1) is 15.0. The number of rotatable bonds is 5. The summed E-state index contributed by atoms with van der Waals surface area (Å²) in [4.78, 5) is 0. The number of nitrogens with zero attached hydrogens (tertiary/aromatic N) is 1. The first-order valence-corrected chi connectivity index (χ1v) is 12.0. The Hall–Kier alpha value is -0.996. The number of hydrogen-bond acceptors (Lipinski definition) is 3. The van der Waals surface area contributed by atoms with Crippen molar-refractivity contribution in [2.24, 2.45) is 0 Å². The van der Waals surface area contributed by atoms with E-state index in [2.05, 4.69) is 26.2 Å². The molecule has 0 saturated carbocycles. The maximum atomic E-state index is 8.93. The Morgan fingerprint density at radius 3 is 1.81 bits per heavy atom. The Morgan fingerprint density at radius 2 is 1.50 bits per heavy atom. The van der Waals surface area contributed by atoms with Crippen molar-refractivity contribution in [2.45, 2.75) is 39.3 Å². The van der Waals surface area contributed by atoms with E-state index in [-0.39, 0.29) is 0 Å². The van der Waals surface area contributed by atoms with E-state index in [0.717, 1.165) is 0 Å². The van der Waals surface area contributed by atoms with E-state index >= 15 is 0 Å². The summed E-state index contributed by atoms with van der Waals surface area (Å²) in [7, 11) is -3.40. The van der Waals surface area contributed by atoms with Crippen LogP contribution < -0.4 is 0 Å². The number of allylic oxidation sites excluding steroid dienone is 2. The van der Waals surface area contributed by atoms with Crippen molar-refractivity contribution in [1.82, 2.24) is 0 Å². The highest BCUT2D eigenvalue weighted by Crippen LogP contribution is 2.15. The molecular formula is C11H21NO2Si2. The predicted molar refractivity (Wildman–Crippen MR) is 71.7 cm³/mol. The lowest BCUT2D eigenvalue weighted by Crippen LogP contribution is -2.26. The fraction of sp³-hybridized carbons (Fsp3) is 0.545. The molecule has 3 nitrogen and oxygen atoms in total. The molecular weight excluding hydrogens is 234 g/mol. The second-order valence-corrected chi connectivity index (χ2v) is 14.4. The van der Waals surface area contributed by atoms with Crippen LogP contribution in [0.5, 0.6) is 0 Å². The molecule has 0 aliphatic carbocycles. The summed E-state index contributed by atoms with van der Waals surface area (Å²) in [6.45, 7) is 16.1. The molecule has 16 heavy (non-hydrogen) atoms. The maximum Gasteiger partial charge on any atom is 0.243 e. The lowest BCUT2D eigenvalue weighted by molar-refractivity contribution is 0.419. The van der Waals surface area contributed by atoms with Gasteiger partial charge in [0.2, 0.25) is 16.6 Å². The normalized spacial score (nSPS) is 12.9. The second-order valence-electron chi connectivity index (χ2n) is 5.52. The fourth-order valence-corrected chi connectivity index (χ4v) is 2.59. The monoisotopic (exact) mass is 255 g/mol. The summed E-state index contributed by atoms with van der Waals surface area (Å²) in [5.41, 5.74) is 0. The third-order valence-electron chi connectivity index (χ3n) is 1.26. The smallest absolute Gasteiger partial charge is 0.243 e. The maximum absolute atomic E-state index is 8.93. The average Bonchev–Trinajstić information content (AvgIpc) is 1.96. The van der Waals surface area contributed by atoms with Gasteiger partial charge in [-0.25, -0.2) is 0 Å². The molecule has 0 saturated heterocycles. The van der Waals surface area contributed by atoms with E-state index in [1.165, 1.54) is 0 Å². The van der Waals surface area contributed by atoms with E-state index < -0.39 is 16.6 Å². The van der Waals surface area contributed by atoms with Crippen LogP contribution in [0, 0.1) is 11.3 Å². The van der Waals surface area contributed by atoms with Gasteiger partial charge in [0.25, 0.3) is 0 Å². The van der Waals surface area contributed by atoms with Gasteiger partial charge in [-0.2, -0.15) is 5.26 Å². The summed E-state index contributed by atoms with van der Waals surface area (Å²) < 4.78 is 11.2. The summed E-state index contributed by atoms with van der Waals surface area (Å²) in [6, 6.07) is 2.02. The average molecular weight is 255 g/mol. The Balaban J connectivity index is 4.61. The van der Waals surface area contributed by atoms with Crippen LogP contribution in [-0.4, -0.2) is 16.6 Å². The van der Waals surface area contributed by atoms with Crippen LogP contribution in [0.3, 0.4) is 0 Å². The summed E-state index contributed by atoms with van der Waals surface area (Å²) in [5, 5.41) is 8.93. The van der Waals surface area contributed by atoms with Gasteiger partial charge in [-0.1, -0.05) is 6.58 Å². The predicted octanol–water partition coefficient (Wildman–Crippen LogP) is 3.61. The SMILES string of the molecule is C=C(/C=C(\C#N)O[Si](C)(C)C)O[Si](C)(C)C. The highest BCUT2D eigenvalue weighted by Gasteiger charge is 2.19. The quantitative estimate of drug-likeness (QED) is 0.326. The second kappa shape index (κ2) is 5.37. The van der Waals surface area contributed by atoms with Crippen molar-refractivity contribution < 1.29 is 8.85 Å². The topological polar surface area (TPSA) is 42.2 Å². The molecule has 0 aromatic carbocycles. The molecule has 0 N–H and O–H groups in total. The number of nitriles is 1. The third kappa shape index (κ3) is 8.32. The first-order chi connectivity index (χ1) is 7.03. The van der Waals surface area contributed by atoms with E-state index in [4.69, 9.17) is 14.1 Å². The molecule has 5 heteroatoms. The molecule has 0 fully saturated rings. The van der Waals surface area contributed by atoms with E-state index in [1.807, 2.05) is 25.7 Å². The molecule has 90 valence electrons. The Labute approximate surface area is 101 Å². The van der Waals surface area contributed by atoms with Gasteiger partial charge in [-0.05, 0) is 39.3 Å². The molecule has 0 aliphatic rings. The van der Waals surface area contributed by atoms with Crippen molar-refractivity contribution in [1.29, 1.82) is 5.26 Å². The largest absolute Gasteiger partial charge is 0.545 e. The zero-order chi connectivity index (χ0) is 13.0. The van der Waals surface area contributed by atoms with Crippen LogP contribution in [0.1, 0.15) is 0 Å². The van der Waals surface area contributed by atoms with Gasteiger partial charge in [-0.15, -0.1) is 0 Å². The van der Waals surface area contributed by atoms with Gasteiger partial charge < -0.3 is 8.85 Å². The van der Waals surface area contributed by atoms with Crippen LogP contribution in [0.4, 0.5) is 0 Å². The van der Waals surface area contributed by atoms with E-state index in [9.17, 15) is 0 Å². The molecule has 0 aliphatic heterocycles. The fourth-order valence-electron chi connectivity index (χ4n) is 0.983. The van der Waals surface area contributed by atoms with Gasteiger partial charge >= 0.3 is 0 Å². The molecule has 0 rings (SSSR count). The zero-order valence-electron chi connectivity index (χ0n) is 11.0. The van der Waals surface area contributed by atoms with Gasteiger partial charge in [-0.3, -0.25) is 0 Å². The Morgan fingerprint density at radius 1 is 1.06 bits per heavy atom. The van der Waals surface area contributed by atoms with Crippen molar-refractivity contribution in [3.63, 3.8) is 0 Å². The van der Waals surface area contributed by atoms with Crippen molar-refractivity contribution in [3.05, 3.63) is 24.2 Å². The van der Waals surface area contributed by atoms with Crippen molar-refractivity contribution in [2.75, 3.05) is 0 Å². The zero-order valence-corrected chi connectivity index (χ0v) is 13.0. The minimum absolute atomic E-state index is 0.294. The summed E-state index contributed by atoms with van der Waals surface area (Å²) in [5.74, 6) is 0.802. The molecule has 0 atom stereocenters. The van der Waals surface area contributed by atoms with Crippen molar-refractivity contribution >= 4 is 16.6 Å². The summed E-state index contributed by atoms with van der Waals surface area (Å²) in [6.07, 6.45) is 1.58. The molecule has 0 amide bonds. The minimum atomic E-state index is -1.74. The van der Waals surface area contributed by atoms with Crippen LogP contribution in [-0.2, 0) is 8.85 Å². The van der Waals surface area contributed by atoms with E-state index in [0.29, 0.717) is 11.5 Å².